The van der Waals surface area contributed by atoms with Crippen molar-refractivity contribution in [1.82, 2.24) is 15.5 Å². The smallest absolute Gasteiger partial charge is 0.229 e. The maximum Gasteiger partial charge on any atom is 0.229 e. The van der Waals surface area contributed by atoms with Crippen LogP contribution in [0.15, 0.2) is 38.2 Å². The van der Waals surface area contributed by atoms with Crippen LogP contribution in [0, 0.1) is 5.92 Å². The van der Waals surface area contributed by atoms with Crippen LogP contribution in [0.1, 0.15) is 24.6 Å². The van der Waals surface area contributed by atoms with Gasteiger partial charge >= 0.3 is 0 Å². The fourth-order valence-electron chi connectivity index (χ4n) is 2.06. The highest BCUT2D eigenvalue weighted by atomic mass is 79.9. The van der Waals surface area contributed by atoms with E-state index in [2.05, 4.69) is 50.4 Å². The van der Waals surface area contributed by atoms with Crippen LogP contribution in [0.5, 0.6) is 0 Å². The maximum absolute atomic E-state index is 5.38. The van der Waals surface area contributed by atoms with Gasteiger partial charge in [0.1, 0.15) is 0 Å². The van der Waals surface area contributed by atoms with Crippen LogP contribution >= 0.6 is 27.7 Å². The van der Waals surface area contributed by atoms with Gasteiger partial charge in [0.05, 0.1) is 5.75 Å². The predicted molar refractivity (Wildman–Crippen MR) is 82.8 cm³/mol. The van der Waals surface area contributed by atoms with Crippen molar-refractivity contribution < 1.29 is 4.52 Å². The summed E-state index contributed by atoms with van der Waals surface area (Å²) in [7, 11) is 0. The van der Waals surface area contributed by atoms with Crippen molar-refractivity contribution in [3.05, 3.63) is 40.5 Å². The number of rotatable bonds is 5. The lowest BCUT2D eigenvalue weighted by atomic mass is 9.89. The molecule has 1 N–H and O–H groups in total. The van der Waals surface area contributed by atoms with E-state index >= 15 is 0 Å². The van der Waals surface area contributed by atoms with Gasteiger partial charge in [-0.1, -0.05) is 28.0 Å². The molecular weight excluding hydrogens is 338 g/mol. The third kappa shape index (κ3) is 3.24. The van der Waals surface area contributed by atoms with Crippen molar-refractivity contribution in [3.8, 4) is 0 Å². The number of halogens is 1. The van der Waals surface area contributed by atoms with Gasteiger partial charge in [0.2, 0.25) is 5.89 Å². The van der Waals surface area contributed by atoms with E-state index in [-0.39, 0.29) is 0 Å². The Balaban J connectivity index is 1.58. The molecule has 0 spiro atoms. The first-order valence-corrected chi connectivity index (χ1v) is 8.42. The summed E-state index contributed by atoms with van der Waals surface area (Å²) in [6.45, 7) is 4.25. The molecule has 4 nitrogen and oxygen atoms in total. The first kappa shape index (κ1) is 14.1. The van der Waals surface area contributed by atoms with E-state index in [0.717, 1.165) is 35.0 Å². The van der Waals surface area contributed by atoms with Gasteiger partial charge in [-0.3, -0.25) is 0 Å². The zero-order chi connectivity index (χ0) is 13.9. The molecule has 1 aromatic heterocycles. The minimum Gasteiger partial charge on any atom is -0.339 e. The first-order valence-electron chi connectivity index (χ1n) is 6.64. The van der Waals surface area contributed by atoms with Crippen LogP contribution in [0.2, 0.25) is 0 Å². The van der Waals surface area contributed by atoms with Crippen LogP contribution in [-0.2, 0) is 5.75 Å². The van der Waals surface area contributed by atoms with Crippen LogP contribution in [0.3, 0.4) is 0 Å². The average Bonchev–Trinajstić information content (AvgIpc) is 2.85. The molecule has 0 radical (unpaired) electrons. The molecule has 1 unspecified atom stereocenters. The SMILES string of the molecule is CC(c1nc(CSc2ccc(Br)cc2)no1)C1CNC1. The summed E-state index contributed by atoms with van der Waals surface area (Å²) in [5, 5.41) is 7.35. The van der Waals surface area contributed by atoms with Gasteiger partial charge in [-0.05, 0) is 43.3 Å². The van der Waals surface area contributed by atoms with Crippen LogP contribution in [0.4, 0.5) is 0 Å². The Labute approximate surface area is 130 Å². The van der Waals surface area contributed by atoms with Gasteiger partial charge < -0.3 is 9.84 Å². The molecule has 6 heteroatoms. The van der Waals surface area contributed by atoms with Gasteiger partial charge in [-0.2, -0.15) is 4.98 Å². The Bertz CT molecular complexity index is 568. The summed E-state index contributed by atoms with van der Waals surface area (Å²) in [5.41, 5.74) is 0. The van der Waals surface area contributed by atoms with Gasteiger partial charge in [0.25, 0.3) is 0 Å². The highest BCUT2D eigenvalue weighted by Crippen LogP contribution is 2.27. The maximum atomic E-state index is 5.38. The third-order valence-corrected chi connectivity index (χ3v) is 5.11. The van der Waals surface area contributed by atoms with E-state index < -0.39 is 0 Å². The Hall–Kier alpha value is -0.850. The minimum atomic E-state index is 0.343. The Morgan fingerprint density at radius 3 is 2.80 bits per heavy atom. The molecule has 106 valence electrons. The molecule has 0 saturated carbocycles. The Morgan fingerprint density at radius 2 is 2.15 bits per heavy atom. The molecule has 2 heterocycles. The van der Waals surface area contributed by atoms with Crippen molar-refractivity contribution in [2.75, 3.05) is 13.1 Å². The number of hydrogen-bond acceptors (Lipinski definition) is 5. The molecule has 1 aliphatic rings. The molecule has 1 aliphatic heterocycles. The zero-order valence-electron chi connectivity index (χ0n) is 11.2. The van der Waals surface area contributed by atoms with Crippen LogP contribution in [-0.4, -0.2) is 23.2 Å². The molecule has 1 atom stereocenters. The number of aromatic nitrogens is 2. The van der Waals surface area contributed by atoms with E-state index in [1.807, 2.05) is 12.1 Å². The van der Waals surface area contributed by atoms with Gasteiger partial charge in [0, 0.05) is 15.3 Å². The lowest BCUT2D eigenvalue weighted by molar-refractivity contribution is 0.252. The lowest BCUT2D eigenvalue weighted by Crippen LogP contribution is -2.44. The quantitative estimate of drug-likeness (QED) is 0.834. The molecule has 2 aromatic rings. The average molecular weight is 354 g/mol. The highest BCUT2D eigenvalue weighted by Gasteiger charge is 2.28. The fourth-order valence-corrected chi connectivity index (χ4v) is 3.06. The second-order valence-corrected chi connectivity index (χ2v) is 6.96. The molecule has 1 aromatic carbocycles. The van der Waals surface area contributed by atoms with E-state index in [0.29, 0.717) is 11.8 Å². The molecule has 20 heavy (non-hydrogen) atoms. The number of nitrogens with one attached hydrogen (secondary N) is 1. The molecule has 1 fully saturated rings. The number of thioether (sulfide) groups is 1. The summed E-state index contributed by atoms with van der Waals surface area (Å²) < 4.78 is 6.47. The standard InChI is InChI=1S/C14H16BrN3OS/c1-9(10-6-16-7-10)14-17-13(18-19-14)8-20-12-4-2-11(15)3-5-12/h2-5,9-10,16H,6-8H2,1H3. The monoisotopic (exact) mass is 353 g/mol. The molecule has 1 saturated heterocycles. The van der Waals surface area contributed by atoms with E-state index in [1.54, 1.807) is 11.8 Å². The first-order chi connectivity index (χ1) is 9.72. The minimum absolute atomic E-state index is 0.343. The topological polar surface area (TPSA) is 51.0 Å². The second-order valence-electron chi connectivity index (χ2n) is 5.00. The largest absolute Gasteiger partial charge is 0.339 e. The predicted octanol–water partition coefficient (Wildman–Crippen LogP) is 3.45. The highest BCUT2D eigenvalue weighted by molar-refractivity contribution is 9.10. The van der Waals surface area contributed by atoms with Crippen molar-refractivity contribution in [3.63, 3.8) is 0 Å². The van der Waals surface area contributed by atoms with Gasteiger partial charge in [-0.25, -0.2) is 0 Å². The normalized spacial score (nSPS) is 16.9. The third-order valence-electron chi connectivity index (χ3n) is 3.58. The fraction of sp³-hybridized carbons (Fsp3) is 0.429. The van der Waals surface area contributed by atoms with Crippen LogP contribution < -0.4 is 5.32 Å². The Morgan fingerprint density at radius 1 is 1.40 bits per heavy atom. The molecular formula is C14H16BrN3OS. The molecule has 0 bridgehead atoms. The van der Waals surface area contributed by atoms with Crippen molar-refractivity contribution >= 4 is 27.7 Å². The Kier molecular flexibility index (Phi) is 4.43. The van der Waals surface area contributed by atoms with Crippen molar-refractivity contribution in [1.29, 1.82) is 0 Å². The number of nitrogens with zero attached hydrogens (tertiary/aromatic N) is 2. The van der Waals surface area contributed by atoms with E-state index in [4.69, 9.17) is 4.52 Å². The van der Waals surface area contributed by atoms with Crippen molar-refractivity contribution in [2.24, 2.45) is 5.92 Å². The van der Waals surface area contributed by atoms with Crippen molar-refractivity contribution in [2.45, 2.75) is 23.5 Å². The van der Waals surface area contributed by atoms with E-state index in [9.17, 15) is 0 Å². The lowest BCUT2D eigenvalue weighted by Gasteiger charge is -2.30. The summed E-state index contributed by atoms with van der Waals surface area (Å²) in [6.07, 6.45) is 0. The summed E-state index contributed by atoms with van der Waals surface area (Å²) in [4.78, 5) is 5.71. The summed E-state index contributed by atoms with van der Waals surface area (Å²) in [6, 6.07) is 8.24. The molecule has 0 aliphatic carbocycles. The summed E-state index contributed by atoms with van der Waals surface area (Å²) in [5.74, 6) is 3.24. The van der Waals surface area contributed by atoms with Gasteiger partial charge in [-0.15, -0.1) is 11.8 Å². The zero-order valence-corrected chi connectivity index (χ0v) is 13.6. The van der Waals surface area contributed by atoms with E-state index in [1.165, 1.54) is 4.90 Å². The molecule has 0 amide bonds. The van der Waals surface area contributed by atoms with Crippen LogP contribution in [0.25, 0.3) is 0 Å². The number of benzene rings is 1. The van der Waals surface area contributed by atoms with Gasteiger partial charge in [0.15, 0.2) is 5.82 Å². The number of hydrogen-bond donors (Lipinski definition) is 1. The summed E-state index contributed by atoms with van der Waals surface area (Å²) >= 11 is 5.15. The molecule has 3 rings (SSSR count). The second kappa shape index (κ2) is 6.28.